The zero-order valence-corrected chi connectivity index (χ0v) is 20.8. The van der Waals surface area contributed by atoms with Gasteiger partial charge in [-0.25, -0.2) is 14.5 Å². The van der Waals surface area contributed by atoms with E-state index in [0.29, 0.717) is 23.8 Å². The van der Waals surface area contributed by atoms with Gasteiger partial charge in [-0.3, -0.25) is 4.98 Å². The summed E-state index contributed by atoms with van der Waals surface area (Å²) < 4.78 is 7.90. The van der Waals surface area contributed by atoms with Crippen LogP contribution in [0.25, 0.3) is 16.8 Å². The highest BCUT2D eigenvalue weighted by Gasteiger charge is 2.24. The molecule has 8 nitrogen and oxygen atoms in total. The van der Waals surface area contributed by atoms with Crippen LogP contribution in [0.5, 0.6) is 5.88 Å². The number of aryl methyl sites for hydroxylation is 2. The lowest BCUT2D eigenvalue weighted by molar-refractivity contribution is 0.0698. The minimum absolute atomic E-state index is 0.0902. The van der Waals surface area contributed by atoms with E-state index < -0.39 is 5.97 Å². The SMILES string of the molecule is CCc1nn(-c2cccnc2C)c2c1-c1ccc(nc1)OC(C)CC(C)c1ccc(c(C(=O)O)c1)N2. The Morgan fingerprint density at radius 1 is 1.19 bits per heavy atom. The van der Waals surface area contributed by atoms with Gasteiger partial charge in [-0.05, 0) is 68.5 Å². The highest BCUT2D eigenvalue weighted by Crippen LogP contribution is 2.38. The third-order valence-corrected chi connectivity index (χ3v) is 6.63. The molecule has 0 aliphatic carbocycles. The fraction of sp³-hybridized carbons (Fsp3) is 0.286. The summed E-state index contributed by atoms with van der Waals surface area (Å²) in [5.74, 6) is 0.316. The Hall–Kier alpha value is -4.20. The fourth-order valence-electron chi connectivity index (χ4n) is 4.77. The molecule has 1 aromatic carbocycles. The van der Waals surface area contributed by atoms with Crippen LogP contribution in [0.1, 0.15) is 60.4 Å². The van der Waals surface area contributed by atoms with Gasteiger partial charge in [0.15, 0.2) is 0 Å². The van der Waals surface area contributed by atoms with Crippen LogP contribution in [0.3, 0.4) is 0 Å². The quantitative estimate of drug-likeness (QED) is 0.373. The molecule has 8 rings (SSSR count). The molecule has 0 saturated carbocycles. The van der Waals surface area contributed by atoms with Gasteiger partial charge in [0.05, 0.1) is 34.4 Å². The maximum Gasteiger partial charge on any atom is 0.337 e. The van der Waals surface area contributed by atoms with Crippen LogP contribution < -0.4 is 10.1 Å². The van der Waals surface area contributed by atoms with E-state index in [1.807, 2.05) is 61.9 Å². The van der Waals surface area contributed by atoms with Crippen molar-refractivity contribution in [3.05, 3.63) is 77.4 Å². The summed E-state index contributed by atoms with van der Waals surface area (Å²) in [4.78, 5) is 21.4. The fourth-order valence-corrected chi connectivity index (χ4v) is 4.77. The van der Waals surface area contributed by atoms with E-state index in [0.717, 1.165) is 40.2 Å². The molecule has 0 spiro atoms. The normalized spacial score (nSPS) is 17.0. The minimum atomic E-state index is -0.994. The van der Waals surface area contributed by atoms with E-state index >= 15 is 0 Å². The van der Waals surface area contributed by atoms with Crippen LogP contribution in [0.2, 0.25) is 0 Å². The van der Waals surface area contributed by atoms with E-state index in [9.17, 15) is 9.90 Å². The van der Waals surface area contributed by atoms with Gasteiger partial charge < -0.3 is 15.2 Å². The average Bonchev–Trinajstić information content (AvgIpc) is 3.22. The highest BCUT2D eigenvalue weighted by molar-refractivity contribution is 5.96. The summed E-state index contributed by atoms with van der Waals surface area (Å²) in [5.41, 5.74) is 5.83. The van der Waals surface area contributed by atoms with Gasteiger partial charge in [0.1, 0.15) is 5.82 Å². The number of nitrogens with zero attached hydrogens (tertiary/aromatic N) is 4. The second kappa shape index (κ2) is 9.45. The lowest BCUT2D eigenvalue weighted by Crippen LogP contribution is -2.16. The van der Waals surface area contributed by atoms with Crippen molar-refractivity contribution in [2.24, 2.45) is 0 Å². The maximum atomic E-state index is 12.3. The molecular formula is C28H29N5O3. The Bertz CT molecular complexity index is 1430. The predicted molar refractivity (Wildman–Crippen MR) is 139 cm³/mol. The number of ether oxygens (including phenoxy) is 1. The number of pyridine rings is 2. The van der Waals surface area contributed by atoms with Crippen molar-refractivity contribution in [2.45, 2.75) is 52.6 Å². The van der Waals surface area contributed by atoms with Crippen LogP contribution in [-0.2, 0) is 6.42 Å². The number of rotatable bonds is 3. The Kier molecular flexibility index (Phi) is 6.18. The number of anilines is 2. The molecule has 4 aliphatic rings. The number of carboxylic acids is 1. The van der Waals surface area contributed by atoms with Crippen LogP contribution in [-0.4, -0.2) is 36.9 Å². The molecule has 184 valence electrons. The molecule has 2 N–H and O–H groups in total. The second-order valence-electron chi connectivity index (χ2n) is 9.23. The smallest absolute Gasteiger partial charge is 0.337 e. The Morgan fingerprint density at radius 3 is 2.72 bits per heavy atom. The van der Waals surface area contributed by atoms with Crippen molar-refractivity contribution >= 4 is 17.5 Å². The van der Waals surface area contributed by atoms with E-state index in [1.165, 1.54) is 0 Å². The van der Waals surface area contributed by atoms with Crippen LogP contribution in [0.15, 0.2) is 54.9 Å². The minimum Gasteiger partial charge on any atom is -0.478 e. The highest BCUT2D eigenvalue weighted by atomic mass is 16.5. The van der Waals surface area contributed by atoms with Crippen molar-refractivity contribution in [2.75, 3.05) is 5.32 Å². The molecule has 0 radical (unpaired) electrons. The summed E-state index contributed by atoms with van der Waals surface area (Å²) in [6.07, 6.45) is 4.84. The molecule has 4 bridgehead atoms. The zero-order valence-electron chi connectivity index (χ0n) is 20.8. The third kappa shape index (κ3) is 4.30. The van der Waals surface area contributed by atoms with E-state index in [4.69, 9.17) is 9.84 Å². The van der Waals surface area contributed by atoms with Gasteiger partial charge >= 0.3 is 5.97 Å². The number of hydrogen-bond acceptors (Lipinski definition) is 6. The molecule has 2 atom stereocenters. The van der Waals surface area contributed by atoms with E-state index in [2.05, 4.69) is 22.2 Å². The number of aromatic carboxylic acids is 1. The zero-order chi connectivity index (χ0) is 25.4. The number of aromatic nitrogens is 4. The Labute approximate surface area is 210 Å². The van der Waals surface area contributed by atoms with Gasteiger partial charge in [-0.15, -0.1) is 0 Å². The summed E-state index contributed by atoms with van der Waals surface area (Å²) in [6, 6.07) is 13.2. The van der Waals surface area contributed by atoms with Crippen LogP contribution in [0.4, 0.5) is 11.5 Å². The third-order valence-electron chi connectivity index (χ3n) is 6.63. The van der Waals surface area contributed by atoms with Crippen molar-refractivity contribution < 1.29 is 14.6 Å². The van der Waals surface area contributed by atoms with Gasteiger partial charge in [0, 0.05) is 29.6 Å². The first-order chi connectivity index (χ1) is 17.4. The first kappa shape index (κ1) is 23.5. The standard InChI is InChI=1S/C28H29N5O3/c1-5-22-26-20-9-11-25(30-15-20)36-17(3)13-16(2)19-8-10-23(21(14-19)28(34)35)31-27(26)33(32-22)24-7-6-12-29-18(24)4/h6-12,14-17,31H,5,13H2,1-4H3,(H,34,35). The summed E-state index contributed by atoms with van der Waals surface area (Å²) in [7, 11) is 0. The number of carboxylic acid groups (broad SMARTS) is 1. The van der Waals surface area contributed by atoms with Gasteiger partial charge in [-0.2, -0.15) is 5.10 Å². The molecule has 36 heavy (non-hydrogen) atoms. The first-order valence-electron chi connectivity index (χ1n) is 12.2. The van der Waals surface area contributed by atoms with Crippen LogP contribution >= 0.6 is 0 Å². The van der Waals surface area contributed by atoms with Crippen LogP contribution in [0, 0.1) is 6.92 Å². The monoisotopic (exact) mass is 483 g/mol. The van der Waals surface area contributed by atoms with Gasteiger partial charge in [0.25, 0.3) is 0 Å². The molecule has 0 amide bonds. The molecular weight excluding hydrogens is 454 g/mol. The molecule has 0 saturated heterocycles. The first-order valence-corrected chi connectivity index (χ1v) is 12.2. The molecule has 4 aliphatic heterocycles. The molecule has 2 unspecified atom stereocenters. The molecule has 7 heterocycles. The van der Waals surface area contributed by atoms with Crippen molar-refractivity contribution in [3.8, 4) is 22.7 Å². The average molecular weight is 484 g/mol. The number of nitrogens with one attached hydrogen (secondary N) is 1. The molecule has 8 heteroatoms. The summed E-state index contributed by atoms with van der Waals surface area (Å²) in [6.45, 7) is 8.06. The lowest BCUT2D eigenvalue weighted by Gasteiger charge is -2.20. The maximum absolute atomic E-state index is 12.3. The number of carbonyl (C=O) groups is 1. The molecule has 4 aromatic rings. The Morgan fingerprint density at radius 2 is 2.03 bits per heavy atom. The number of benzene rings is 1. The molecule has 3 aromatic heterocycles. The Balaban J connectivity index is 1.79. The lowest BCUT2D eigenvalue weighted by atomic mass is 9.93. The summed E-state index contributed by atoms with van der Waals surface area (Å²) in [5, 5.41) is 18.5. The predicted octanol–water partition coefficient (Wildman–Crippen LogP) is 5.92. The molecule has 0 fully saturated rings. The number of hydrogen-bond donors (Lipinski definition) is 2. The van der Waals surface area contributed by atoms with Crippen molar-refractivity contribution in [1.29, 1.82) is 0 Å². The second-order valence-corrected chi connectivity index (χ2v) is 9.23. The van der Waals surface area contributed by atoms with Crippen molar-refractivity contribution in [1.82, 2.24) is 19.7 Å². The van der Waals surface area contributed by atoms with Crippen molar-refractivity contribution in [3.63, 3.8) is 0 Å². The van der Waals surface area contributed by atoms with Gasteiger partial charge in [-0.1, -0.05) is 19.9 Å². The van der Waals surface area contributed by atoms with Gasteiger partial charge in [0.2, 0.25) is 5.88 Å². The summed E-state index contributed by atoms with van der Waals surface area (Å²) >= 11 is 0. The van der Waals surface area contributed by atoms with E-state index in [1.54, 1.807) is 18.5 Å². The topological polar surface area (TPSA) is 102 Å². The largest absolute Gasteiger partial charge is 0.478 e. The van der Waals surface area contributed by atoms with E-state index in [-0.39, 0.29) is 17.6 Å².